The van der Waals surface area contributed by atoms with E-state index >= 15 is 0 Å². The van der Waals surface area contributed by atoms with Crippen LogP contribution in [0.2, 0.25) is 0 Å². The quantitative estimate of drug-likeness (QED) is 0.482. The maximum absolute atomic E-state index is 12.2. The topological polar surface area (TPSA) is 85.7 Å². The van der Waals surface area contributed by atoms with Gasteiger partial charge in [0.25, 0.3) is 11.5 Å². The lowest BCUT2D eigenvalue weighted by Gasteiger charge is -2.13. The first-order valence-corrected chi connectivity index (χ1v) is 8.65. The Morgan fingerprint density at radius 1 is 1.04 bits per heavy atom. The molecule has 0 amide bonds. The molecular weight excluding hydrogens is 380 g/mol. The highest BCUT2D eigenvalue weighted by atomic mass is 32.1. The van der Waals surface area contributed by atoms with E-state index in [-0.39, 0.29) is 22.2 Å². The van der Waals surface area contributed by atoms with Gasteiger partial charge in [-0.1, -0.05) is 18.2 Å². The Balaban J connectivity index is 2.00. The van der Waals surface area contributed by atoms with Gasteiger partial charge in [-0.3, -0.25) is 14.3 Å². The van der Waals surface area contributed by atoms with Crippen molar-refractivity contribution in [1.29, 1.82) is 0 Å². The van der Waals surface area contributed by atoms with Gasteiger partial charge in [0.15, 0.2) is 4.77 Å². The summed E-state index contributed by atoms with van der Waals surface area (Å²) in [5.74, 6) is 1.05. The van der Waals surface area contributed by atoms with E-state index in [2.05, 4.69) is 4.98 Å². The lowest BCUT2D eigenvalue weighted by molar-refractivity contribution is 0.0999. The summed E-state index contributed by atoms with van der Waals surface area (Å²) >= 11 is 5.21. The molecule has 2 aromatic carbocycles. The molecule has 0 saturated carbocycles. The number of ether oxygens (including phenoxy) is 3. The number of aromatic amines is 1. The summed E-state index contributed by atoms with van der Waals surface area (Å²) in [6.07, 6.45) is 1.28. The fourth-order valence-electron chi connectivity index (χ4n) is 2.52. The number of rotatable bonds is 6. The standard InChI is InChI=1S/C20H18N2O5S/c1-25-17(26-2)12-16-18(23)21-20(28)22(19(16)24)13-8-10-15(11-9-13)27-14-6-4-3-5-7-14/h3-12,24H,1-2H3,(H,21,23,28). The summed E-state index contributed by atoms with van der Waals surface area (Å²) in [6.45, 7) is 0. The van der Waals surface area contributed by atoms with Crippen molar-refractivity contribution in [2.75, 3.05) is 14.2 Å². The van der Waals surface area contributed by atoms with Crippen molar-refractivity contribution < 1.29 is 19.3 Å². The molecule has 28 heavy (non-hydrogen) atoms. The molecule has 3 rings (SSSR count). The number of hydrogen-bond donors (Lipinski definition) is 2. The second kappa shape index (κ2) is 8.45. The van der Waals surface area contributed by atoms with Gasteiger partial charge in [0.05, 0.1) is 19.9 Å². The molecule has 0 saturated heterocycles. The zero-order valence-electron chi connectivity index (χ0n) is 15.2. The van der Waals surface area contributed by atoms with Crippen molar-refractivity contribution >= 4 is 18.3 Å². The van der Waals surface area contributed by atoms with Gasteiger partial charge in [-0.05, 0) is 48.6 Å². The van der Waals surface area contributed by atoms with Crippen LogP contribution >= 0.6 is 12.2 Å². The van der Waals surface area contributed by atoms with Crippen molar-refractivity contribution in [3.05, 3.63) is 81.2 Å². The van der Waals surface area contributed by atoms with Crippen molar-refractivity contribution in [2.45, 2.75) is 0 Å². The summed E-state index contributed by atoms with van der Waals surface area (Å²) in [6, 6.07) is 16.3. The Bertz CT molecular complexity index is 1100. The molecule has 1 heterocycles. The first-order chi connectivity index (χ1) is 13.5. The van der Waals surface area contributed by atoms with Crippen LogP contribution in [0.4, 0.5) is 0 Å². The Kier molecular flexibility index (Phi) is 5.81. The Hall–Kier alpha value is -3.52. The van der Waals surface area contributed by atoms with Gasteiger partial charge in [-0.25, -0.2) is 0 Å². The van der Waals surface area contributed by atoms with E-state index in [0.717, 1.165) is 0 Å². The van der Waals surface area contributed by atoms with E-state index in [1.807, 2.05) is 30.3 Å². The van der Waals surface area contributed by atoms with Crippen LogP contribution in [0.1, 0.15) is 5.56 Å². The molecule has 0 radical (unpaired) electrons. The second-order valence-electron chi connectivity index (χ2n) is 5.61. The van der Waals surface area contributed by atoms with Crippen LogP contribution in [0.3, 0.4) is 0 Å². The zero-order valence-corrected chi connectivity index (χ0v) is 16.0. The monoisotopic (exact) mass is 398 g/mol. The summed E-state index contributed by atoms with van der Waals surface area (Å²) in [5, 5.41) is 10.6. The van der Waals surface area contributed by atoms with Crippen LogP contribution in [-0.4, -0.2) is 28.9 Å². The van der Waals surface area contributed by atoms with Crippen LogP contribution in [-0.2, 0) is 9.47 Å². The third-order valence-electron chi connectivity index (χ3n) is 3.86. The Morgan fingerprint density at radius 3 is 2.25 bits per heavy atom. The van der Waals surface area contributed by atoms with Crippen LogP contribution in [0, 0.1) is 4.77 Å². The SMILES string of the molecule is COC(=Cc1c(O)n(-c2ccc(Oc3ccccc3)cc2)c(=S)[nH]c1=O)OC. The molecule has 0 bridgehead atoms. The molecule has 8 heteroatoms. The van der Waals surface area contributed by atoms with Crippen molar-refractivity contribution in [3.8, 4) is 23.1 Å². The molecule has 2 N–H and O–H groups in total. The van der Waals surface area contributed by atoms with E-state index < -0.39 is 5.56 Å². The van der Waals surface area contributed by atoms with Crippen molar-refractivity contribution in [1.82, 2.24) is 9.55 Å². The predicted molar refractivity (Wildman–Crippen MR) is 107 cm³/mol. The van der Waals surface area contributed by atoms with E-state index in [1.54, 1.807) is 24.3 Å². The van der Waals surface area contributed by atoms with Gasteiger partial charge in [0, 0.05) is 6.08 Å². The number of benzene rings is 2. The Labute approximate surface area is 166 Å². The number of H-pyrrole nitrogens is 1. The molecule has 7 nitrogen and oxygen atoms in total. The van der Waals surface area contributed by atoms with Crippen LogP contribution < -0.4 is 10.3 Å². The van der Waals surface area contributed by atoms with Gasteiger partial charge in [-0.15, -0.1) is 0 Å². The van der Waals surface area contributed by atoms with Crippen molar-refractivity contribution in [3.63, 3.8) is 0 Å². The van der Waals surface area contributed by atoms with E-state index in [0.29, 0.717) is 17.2 Å². The predicted octanol–water partition coefficient (Wildman–Crippen LogP) is 3.98. The maximum Gasteiger partial charge on any atom is 0.279 e. The van der Waals surface area contributed by atoms with Gasteiger partial charge in [0.2, 0.25) is 5.88 Å². The van der Waals surface area contributed by atoms with Crippen molar-refractivity contribution in [2.24, 2.45) is 0 Å². The first-order valence-electron chi connectivity index (χ1n) is 8.25. The Morgan fingerprint density at radius 2 is 1.64 bits per heavy atom. The van der Waals surface area contributed by atoms with E-state index in [1.165, 1.54) is 24.9 Å². The zero-order chi connectivity index (χ0) is 20.1. The molecule has 0 fully saturated rings. The fourth-order valence-corrected chi connectivity index (χ4v) is 2.80. The van der Waals surface area contributed by atoms with E-state index in [9.17, 15) is 9.90 Å². The minimum Gasteiger partial charge on any atom is -0.494 e. The molecule has 0 aliphatic rings. The normalized spacial score (nSPS) is 10.2. The molecule has 3 aromatic rings. The summed E-state index contributed by atoms with van der Waals surface area (Å²) in [4.78, 5) is 14.7. The average molecular weight is 398 g/mol. The van der Waals surface area contributed by atoms with Crippen LogP contribution in [0.5, 0.6) is 17.4 Å². The second-order valence-corrected chi connectivity index (χ2v) is 6.00. The number of aromatic hydroxyl groups is 1. The molecule has 0 unspecified atom stereocenters. The van der Waals surface area contributed by atoms with Gasteiger partial charge in [0.1, 0.15) is 17.1 Å². The number of nitrogens with zero attached hydrogens (tertiary/aromatic N) is 1. The number of para-hydroxylation sites is 1. The minimum atomic E-state index is -0.561. The molecule has 0 atom stereocenters. The largest absolute Gasteiger partial charge is 0.494 e. The van der Waals surface area contributed by atoms with Crippen LogP contribution in [0.25, 0.3) is 11.8 Å². The third-order valence-corrected chi connectivity index (χ3v) is 4.14. The summed E-state index contributed by atoms with van der Waals surface area (Å²) < 4.78 is 17.1. The molecule has 144 valence electrons. The summed E-state index contributed by atoms with van der Waals surface area (Å²) in [7, 11) is 2.78. The van der Waals surface area contributed by atoms with E-state index in [4.69, 9.17) is 26.4 Å². The number of hydrogen-bond acceptors (Lipinski definition) is 6. The van der Waals surface area contributed by atoms with Crippen LogP contribution in [0.15, 0.2) is 65.3 Å². The number of methoxy groups -OCH3 is 2. The van der Waals surface area contributed by atoms with Gasteiger partial charge >= 0.3 is 0 Å². The highest BCUT2D eigenvalue weighted by Crippen LogP contribution is 2.25. The summed E-state index contributed by atoms with van der Waals surface area (Å²) in [5.41, 5.74) is -0.0588. The minimum absolute atomic E-state index is 0.0445. The van der Waals surface area contributed by atoms with Gasteiger partial charge in [-0.2, -0.15) is 0 Å². The lowest BCUT2D eigenvalue weighted by atomic mass is 10.2. The third kappa shape index (κ3) is 4.07. The highest BCUT2D eigenvalue weighted by Gasteiger charge is 2.14. The maximum atomic E-state index is 12.2. The molecular formula is C20H18N2O5S. The molecule has 0 spiro atoms. The fraction of sp³-hybridized carbons (Fsp3) is 0.100. The first kappa shape index (κ1) is 19.2. The molecule has 0 aliphatic heterocycles. The average Bonchev–Trinajstić information content (AvgIpc) is 2.70. The number of nitrogens with one attached hydrogen (secondary N) is 1. The number of aromatic nitrogens is 2. The smallest absolute Gasteiger partial charge is 0.279 e. The lowest BCUT2D eigenvalue weighted by Crippen LogP contribution is -2.16. The molecule has 0 aliphatic carbocycles. The highest BCUT2D eigenvalue weighted by molar-refractivity contribution is 7.71. The van der Waals surface area contributed by atoms with Gasteiger partial charge < -0.3 is 19.3 Å². The molecule has 1 aromatic heterocycles.